The maximum Gasteiger partial charge on any atom is 0.119 e. The fourth-order valence-corrected chi connectivity index (χ4v) is 2.39. The molecule has 1 aromatic carbocycles. The van der Waals surface area contributed by atoms with Crippen LogP contribution in [0.3, 0.4) is 0 Å². The summed E-state index contributed by atoms with van der Waals surface area (Å²) < 4.78 is 11.4. The van der Waals surface area contributed by atoms with E-state index in [-0.39, 0.29) is 0 Å². The zero-order valence-electron chi connectivity index (χ0n) is 11.5. The predicted octanol–water partition coefficient (Wildman–Crippen LogP) is 2.05. The van der Waals surface area contributed by atoms with Gasteiger partial charge in [-0.3, -0.25) is 4.90 Å². The summed E-state index contributed by atoms with van der Waals surface area (Å²) in [6.45, 7) is 7.68. The third-order valence-corrected chi connectivity index (χ3v) is 3.15. The number of hydrogen-bond acceptors (Lipinski definition) is 4. The van der Waals surface area contributed by atoms with Gasteiger partial charge in [0.25, 0.3) is 0 Å². The minimum atomic E-state index is 0.290. The molecule has 0 amide bonds. The monoisotopic (exact) mass is 260 g/mol. The van der Waals surface area contributed by atoms with Gasteiger partial charge in [-0.25, -0.2) is 0 Å². The van der Waals surface area contributed by atoms with Crippen molar-refractivity contribution in [2.75, 3.05) is 26.2 Å². The van der Waals surface area contributed by atoms with E-state index in [9.17, 15) is 0 Å². The number of ether oxygens (including phenoxy) is 2. The van der Waals surface area contributed by atoms with Crippen LogP contribution in [-0.2, 0) is 4.74 Å². The number of nitrogens with zero attached hydrogens (tertiary/aromatic N) is 2. The van der Waals surface area contributed by atoms with Crippen LogP contribution in [0.15, 0.2) is 24.3 Å². The Kier molecular flexibility index (Phi) is 4.78. The Morgan fingerprint density at radius 3 is 2.47 bits per heavy atom. The second kappa shape index (κ2) is 6.55. The highest BCUT2D eigenvalue weighted by atomic mass is 16.5. The van der Waals surface area contributed by atoms with Crippen LogP contribution in [0.25, 0.3) is 0 Å². The van der Waals surface area contributed by atoms with Crippen LogP contribution in [0, 0.1) is 11.3 Å². The lowest BCUT2D eigenvalue weighted by molar-refractivity contribution is -0.0699. The van der Waals surface area contributed by atoms with Crippen molar-refractivity contribution in [3.63, 3.8) is 0 Å². The molecule has 1 aliphatic rings. The SMILES string of the molecule is C[C@H]1CN(CCOc2ccc(C#N)cc2)C[C@H](C)O1. The molecule has 0 saturated carbocycles. The van der Waals surface area contributed by atoms with E-state index in [0.29, 0.717) is 24.4 Å². The van der Waals surface area contributed by atoms with Crippen LogP contribution in [-0.4, -0.2) is 43.3 Å². The minimum Gasteiger partial charge on any atom is -0.492 e. The number of hydrogen-bond donors (Lipinski definition) is 0. The quantitative estimate of drug-likeness (QED) is 0.831. The average molecular weight is 260 g/mol. The maximum absolute atomic E-state index is 8.72. The van der Waals surface area contributed by atoms with Crippen molar-refractivity contribution in [2.24, 2.45) is 0 Å². The molecule has 1 aromatic rings. The summed E-state index contributed by atoms with van der Waals surface area (Å²) in [5, 5.41) is 8.72. The first kappa shape index (κ1) is 13.9. The highest BCUT2D eigenvalue weighted by molar-refractivity contribution is 5.34. The summed E-state index contributed by atoms with van der Waals surface area (Å²) in [5.74, 6) is 0.813. The number of benzene rings is 1. The molecular weight excluding hydrogens is 240 g/mol. The zero-order valence-corrected chi connectivity index (χ0v) is 11.5. The summed E-state index contributed by atoms with van der Waals surface area (Å²) in [5.41, 5.74) is 0.656. The van der Waals surface area contributed by atoms with Gasteiger partial charge in [0, 0.05) is 19.6 Å². The van der Waals surface area contributed by atoms with Crippen molar-refractivity contribution >= 4 is 0 Å². The highest BCUT2D eigenvalue weighted by Crippen LogP contribution is 2.13. The van der Waals surface area contributed by atoms with Crippen molar-refractivity contribution in [1.29, 1.82) is 5.26 Å². The summed E-state index contributed by atoms with van der Waals surface area (Å²) in [6.07, 6.45) is 0.581. The highest BCUT2D eigenvalue weighted by Gasteiger charge is 2.21. The third-order valence-electron chi connectivity index (χ3n) is 3.15. The number of rotatable bonds is 4. The van der Waals surface area contributed by atoms with Gasteiger partial charge in [-0.15, -0.1) is 0 Å². The van der Waals surface area contributed by atoms with Crippen LogP contribution in [0.1, 0.15) is 19.4 Å². The first-order valence-corrected chi connectivity index (χ1v) is 6.68. The van der Waals surface area contributed by atoms with Gasteiger partial charge in [0.1, 0.15) is 12.4 Å². The molecule has 1 saturated heterocycles. The van der Waals surface area contributed by atoms with E-state index in [4.69, 9.17) is 14.7 Å². The molecule has 4 heteroatoms. The van der Waals surface area contributed by atoms with Gasteiger partial charge in [-0.1, -0.05) is 0 Å². The first-order chi connectivity index (χ1) is 9.17. The van der Waals surface area contributed by atoms with Crippen LogP contribution < -0.4 is 4.74 Å². The van der Waals surface area contributed by atoms with Gasteiger partial charge in [-0.05, 0) is 38.1 Å². The van der Waals surface area contributed by atoms with Gasteiger partial charge < -0.3 is 9.47 Å². The molecule has 0 spiro atoms. The Hall–Kier alpha value is -1.57. The summed E-state index contributed by atoms with van der Waals surface area (Å²) in [4.78, 5) is 2.36. The van der Waals surface area contributed by atoms with E-state index in [1.807, 2.05) is 12.1 Å². The molecule has 2 rings (SSSR count). The van der Waals surface area contributed by atoms with Crippen molar-refractivity contribution in [3.05, 3.63) is 29.8 Å². The predicted molar refractivity (Wildman–Crippen MR) is 73.1 cm³/mol. The van der Waals surface area contributed by atoms with Gasteiger partial charge in [-0.2, -0.15) is 5.26 Å². The zero-order chi connectivity index (χ0) is 13.7. The normalized spacial score (nSPS) is 23.8. The van der Waals surface area contributed by atoms with E-state index in [1.165, 1.54) is 0 Å². The number of morpholine rings is 1. The molecule has 1 aliphatic heterocycles. The molecule has 4 nitrogen and oxygen atoms in total. The summed E-state index contributed by atoms with van der Waals surface area (Å²) >= 11 is 0. The summed E-state index contributed by atoms with van der Waals surface area (Å²) in [7, 11) is 0. The van der Waals surface area contributed by atoms with E-state index in [2.05, 4.69) is 24.8 Å². The smallest absolute Gasteiger partial charge is 0.119 e. The summed E-state index contributed by atoms with van der Waals surface area (Å²) in [6, 6.07) is 9.31. The Morgan fingerprint density at radius 2 is 1.89 bits per heavy atom. The third kappa shape index (κ3) is 4.23. The van der Waals surface area contributed by atoms with Crippen LogP contribution in [0.2, 0.25) is 0 Å². The lowest BCUT2D eigenvalue weighted by Crippen LogP contribution is -2.46. The van der Waals surface area contributed by atoms with E-state index in [1.54, 1.807) is 12.1 Å². The van der Waals surface area contributed by atoms with E-state index in [0.717, 1.165) is 25.4 Å². The Morgan fingerprint density at radius 1 is 1.26 bits per heavy atom. The van der Waals surface area contributed by atoms with Crippen LogP contribution >= 0.6 is 0 Å². The molecule has 1 heterocycles. The average Bonchev–Trinajstić information content (AvgIpc) is 2.38. The molecule has 0 bridgehead atoms. The van der Waals surface area contributed by atoms with Crippen molar-refractivity contribution in [2.45, 2.75) is 26.1 Å². The van der Waals surface area contributed by atoms with Crippen molar-refractivity contribution in [3.8, 4) is 11.8 Å². The van der Waals surface area contributed by atoms with Crippen LogP contribution in [0.4, 0.5) is 0 Å². The van der Waals surface area contributed by atoms with E-state index >= 15 is 0 Å². The Balaban J connectivity index is 1.75. The van der Waals surface area contributed by atoms with E-state index < -0.39 is 0 Å². The topological polar surface area (TPSA) is 45.5 Å². The molecule has 0 aliphatic carbocycles. The fraction of sp³-hybridized carbons (Fsp3) is 0.533. The van der Waals surface area contributed by atoms with Crippen molar-refractivity contribution < 1.29 is 9.47 Å². The molecule has 0 aromatic heterocycles. The maximum atomic E-state index is 8.72. The standard InChI is InChI=1S/C15H20N2O2/c1-12-10-17(11-13(2)19-12)7-8-18-15-5-3-14(9-16)4-6-15/h3-6,12-13H,7-8,10-11H2,1-2H3/t12-,13-/m0/s1. The number of nitriles is 1. The second-order valence-corrected chi connectivity index (χ2v) is 5.00. The minimum absolute atomic E-state index is 0.290. The molecule has 0 unspecified atom stereocenters. The largest absolute Gasteiger partial charge is 0.492 e. The van der Waals surface area contributed by atoms with Gasteiger partial charge in [0.2, 0.25) is 0 Å². The molecule has 0 radical (unpaired) electrons. The molecule has 102 valence electrons. The molecule has 1 fully saturated rings. The fourth-order valence-electron chi connectivity index (χ4n) is 2.39. The van der Waals surface area contributed by atoms with Crippen molar-refractivity contribution in [1.82, 2.24) is 4.90 Å². The Bertz CT molecular complexity index is 428. The molecule has 19 heavy (non-hydrogen) atoms. The van der Waals surface area contributed by atoms with Gasteiger partial charge >= 0.3 is 0 Å². The Labute approximate surface area is 114 Å². The first-order valence-electron chi connectivity index (χ1n) is 6.68. The van der Waals surface area contributed by atoms with Gasteiger partial charge in [0.05, 0.1) is 23.8 Å². The van der Waals surface area contributed by atoms with Gasteiger partial charge in [0.15, 0.2) is 0 Å². The molecule has 0 N–H and O–H groups in total. The second-order valence-electron chi connectivity index (χ2n) is 5.00. The lowest BCUT2D eigenvalue weighted by Gasteiger charge is -2.35. The van der Waals surface area contributed by atoms with Crippen LogP contribution in [0.5, 0.6) is 5.75 Å². The molecular formula is C15H20N2O2. The molecule has 2 atom stereocenters. The lowest BCUT2D eigenvalue weighted by atomic mass is 10.2.